The summed E-state index contributed by atoms with van der Waals surface area (Å²) in [6, 6.07) is -1.46. The Hall–Kier alpha value is -1.18. The lowest BCUT2D eigenvalue weighted by Gasteiger charge is -2.14. The van der Waals surface area contributed by atoms with Gasteiger partial charge in [0.05, 0.1) is 62.4 Å². The highest BCUT2D eigenvalue weighted by Crippen LogP contribution is 1.81. The fourth-order valence-electron chi connectivity index (χ4n) is 0.263. The van der Waals surface area contributed by atoms with Gasteiger partial charge in [-0.2, -0.15) is 0 Å². The van der Waals surface area contributed by atoms with Crippen molar-refractivity contribution in [1.29, 1.82) is 0 Å². The van der Waals surface area contributed by atoms with Crippen molar-refractivity contribution >= 4 is 11.9 Å². The van der Waals surface area contributed by atoms with Crippen LogP contribution in [-0.4, -0.2) is 83.3 Å². The fourth-order valence-corrected chi connectivity index (χ4v) is 0.263. The van der Waals surface area contributed by atoms with Gasteiger partial charge in [-0.25, -0.2) is 0 Å². The van der Waals surface area contributed by atoms with E-state index in [1.54, 1.807) is 0 Å². The first-order valence-corrected chi connectivity index (χ1v) is 5.78. The largest absolute Gasteiger partial charge is 0.550 e. The lowest BCUT2D eigenvalue weighted by molar-refractivity contribution is -0.849. The van der Waals surface area contributed by atoms with Crippen LogP contribution < -0.4 is 15.9 Å². The number of aliphatic carboxylic acids is 2. The van der Waals surface area contributed by atoms with Crippen LogP contribution >= 0.6 is 0 Å². The van der Waals surface area contributed by atoms with Gasteiger partial charge in [0, 0.05) is 18.4 Å². The Kier molecular flexibility index (Phi) is 11.7. The number of nitrogens with two attached hydrogens (primary N) is 1. The van der Waals surface area contributed by atoms with Crippen LogP contribution in [0.4, 0.5) is 0 Å². The van der Waals surface area contributed by atoms with Crippen molar-refractivity contribution in [2.24, 2.45) is 5.73 Å². The van der Waals surface area contributed by atoms with Crippen LogP contribution in [0.15, 0.2) is 0 Å². The van der Waals surface area contributed by atoms with Gasteiger partial charge in [0.25, 0.3) is 0 Å². The van der Waals surface area contributed by atoms with Gasteiger partial charge in [-0.3, -0.25) is 0 Å². The Morgan fingerprint density at radius 1 is 0.895 bits per heavy atom. The second-order valence-electron chi connectivity index (χ2n) is 6.87. The van der Waals surface area contributed by atoms with Gasteiger partial charge < -0.3 is 34.5 Å². The number of carboxylic acid groups (broad SMARTS) is 2. The van der Waals surface area contributed by atoms with Gasteiger partial charge in [0.15, 0.2) is 0 Å². The van der Waals surface area contributed by atoms with E-state index in [1.807, 2.05) is 0 Å². The Bertz CT molecular complexity index is 243. The van der Waals surface area contributed by atoms with Crippen LogP contribution in [0.5, 0.6) is 0 Å². The summed E-state index contributed by atoms with van der Waals surface area (Å²) < 4.78 is 2.00. The molecule has 0 spiro atoms. The molecule has 7 nitrogen and oxygen atoms in total. The molecule has 0 saturated carbocycles. The molecule has 0 aromatic carbocycles. The Balaban J connectivity index is -0.000000219. The summed E-state index contributed by atoms with van der Waals surface area (Å²) >= 11 is 0. The van der Waals surface area contributed by atoms with Crippen LogP contribution in [0, 0.1) is 0 Å². The number of quaternary nitrogens is 2. The summed E-state index contributed by atoms with van der Waals surface area (Å²) in [7, 11) is 17.0. The van der Waals surface area contributed by atoms with Gasteiger partial charge in [-0.1, -0.05) is 0 Å². The number of hydrogen-bond acceptors (Lipinski definition) is 5. The molecule has 0 heterocycles. The molecule has 0 bridgehead atoms. The first-order chi connectivity index (χ1) is 8.04. The van der Waals surface area contributed by atoms with Crippen LogP contribution in [0.2, 0.25) is 0 Å². The van der Waals surface area contributed by atoms with E-state index in [2.05, 4.69) is 56.4 Å². The summed E-state index contributed by atoms with van der Waals surface area (Å²) in [6.07, 6.45) is -0.706. The molecule has 0 amide bonds. The monoisotopic (exact) mass is 279 g/mol. The SMILES string of the molecule is C[N+](C)(C)C.C[N+](C)(C)C.N[C@@H](CC(=O)[O-])C(=O)[O-]. The second-order valence-corrected chi connectivity index (χ2v) is 6.87. The van der Waals surface area contributed by atoms with Gasteiger partial charge in [-0.15, -0.1) is 0 Å². The molecule has 116 valence electrons. The Morgan fingerprint density at radius 2 is 1.11 bits per heavy atom. The first-order valence-electron chi connectivity index (χ1n) is 5.78. The number of rotatable bonds is 3. The summed E-state index contributed by atoms with van der Waals surface area (Å²) in [5.41, 5.74) is 4.73. The number of hydrogen-bond donors (Lipinski definition) is 1. The van der Waals surface area contributed by atoms with E-state index in [4.69, 9.17) is 5.73 Å². The van der Waals surface area contributed by atoms with Crippen LogP contribution in [0.3, 0.4) is 0 Å². The Labute approximate surface area is 116 Å². The third-order valence-electron chi connectivity index (χ3n) is 0.689. The molecule has 0 aliphatic rings. The lowest BCUT2D eigenvalue weighted by Crippen LogP contribution is -2.45. The normalized spacial score (nSPS) is 12.3. The van der Waals surface area contributed by atoms with Gasteiger partial charge >= 0.3 is 0 Å². The predicted molar refractivity (Wildman–Crippen MR) is 70.5 cm³/mol. The molecular formula is C12H29N3O4. The van der Waals surface area contributed by atoms with Gasteiger partial charge in [-0.05, 0) is 0 Å². The molecule has 2 N–H and O–H groups in total. The smallest absolute Gasteiger partial charge is 0.0675 e. The molecule has 0 aliphatic heterocycles. The van der Waals surface area contributed by atoms with Gasteiger partial charge in [0.2, 0.25) is 0 Å². The molecule has 19 heavy (non-hydrogen) atoms. The number of carbonyl (C=O) groups excluding carboxylic acids is 2. The van der Waals surface area contributed by atoms with Crippen molar-refractivity contribution in [3.05, 3.63) is 0 Å². The van der Waals surface area contributed by atoms with E-state index >= 15 is 0 Å². The summed E-state index contributed by atoms with van der Waals surface area (Å²) in [4.78, 5) is 19.3. The summed E-state index contributed by atoms with van der Waals surface area (Å²) in [5.74, 6) is -3.08. The summed E-state index contributed by atoms with van der Waals surface area (Å²) in [5, 5.41) is 19.3. The quantitative estimate of drug-likeness (QED) is 0.549. The molecule has 0 aliphatic carbocycles. The molecule has 0 radical (unpaired) electrons. The standard InChI is InChI=1S/C4H7NO4.2C4H12N/c5-2(4(8)9)1-3(6)7;2*1-5(2,3)4/h2H,1,5H2,(H,6,7)(H,8,9);2*1-4H3/q;2*+1/p-2/t2-;;/m0../s1. The second kappa shape index (κ2) is 9.71. The van der Waals surface area contributed by atoms with Crippen LogP contribution in [-0.2, 0) is 9.59 Å². The molecule has 0 fully saturated rings. The maximum absolute atomic E-state index is 9.71. The van der Waals surface area contributed by atoms with Crippen molar-refractivity contribution in [2.45, 2.75) is 12.5 Å². The van der Waals surface area contributed by atoms with E-state index in [1.165, 1.54) is 0 Å². The van der Waals surface area contributed by atoms with Gasteiger partial charge in [0.1, 0.15) is 0 Å². The summed E-state index contributed by atoms with van der Waals surface area (Å²) in [6.45, 7) is 0. The minimum absolute atomic E-state index is 0.706. The molecule has 0 aromatic rings. The van der Waals surface area contributed by atoms with Crippen LogP contribution in [0.1, 0.15) is 6.42 Å². The zero-order valence-electron chi connectivity index (χ0n) is 13.4. The highest BCUT2D eigenvalue weighted by Gasteiger charge is 2.01. The Morgan fingerprint density at radius 3 is 1.16 bits per heavy atom. The van der Waals surface area contributed by atoms with Crippen molar-refractivity contribution in [3.63, 3.8) is 0 Å². The molecule has 0 rings (SSSR count). The molecule has 0 saturated heterocycles. The minimum Gasteiger partial charge on any atom is -0.550 e. The number of nitrogens with zero attached hydrogens (tertiary/aromatic N) is 2. The zero-order valence-corrected chi connectivity index (χ0v) is 13.4. The van der Waals surface area contributed by atoms with E-state index in [-0.39, 0.29) is 0 Å². The molecule has 0 unspecified atom stereocenters. The molecular weight excluding hydrogens is 250 g/mol. The lowest BCUT2D eigenvalue weighted by atomic mass is 10.2. The number of carboxylic acids is 2. The maximum atomic E-state index is 9.71. The molecule has 1 atom stereocenters. The minimum atomic E-state index is -1.58. The average Bonchev–Trinajstić information content (AvgIpc) is 1.94. The zero-order chi connectivity index (χ0) is 16.4. The van der Waals surface area contributed by atoms with E-state index in [0.717, 1.165) is 8.97 Å². The number of carbonyl (C=O) groups is 2. The highest BCUT2D eigenvalue weighted by molar-refractivity contribution is 5.77. The van der Waals surface area contributed by atoms with E-state index < -0.39 is 24.4 Å². The first kappa shape index (κ1) is 23.0. The maximum Gasteiger partial charge on any atom is 0.0675 e. The predicted octanol–water partition coefficient (Wildman–Crippen LogP) is -3.15. The average molecular weight is 279 g/mol. The van der Waals surface area contributed by atoms with Crippen molar-refractivity contribution < 1.29 is 28.8 Å². The van der Waals surface area contributed by atoms with Crippen molar-refractivity contribution in [3.8, 4) is 0 Å². The fraction of sp³-hybridized carbons (Fsp3) is 0.833. The van der Waals surface area contributed by atoms with Crippen molar-refractivity contribution in [2.75, 3.05) is 56.4 Å². The highest BCUT2D eigenvalue weighted by atomic mass is 16.4. The van der Waals surface area contributed by atoms with Crippen molar-refractivity contribution in [1.82, 2.24) is 0 Å². The van der Waals surface area contributed by atoms with E-state index in [0.29, 0.717) is 0 Å². The van der Waals surface area contributed by atoms with Crippen LogP contribution in [0.25, 0.3) is 0 Å². The molecule has 7 heteroatoms. The third-order valence-corrected chi connectivity index (χ3v) is 0.689. The molecule has 0 aromatic heterocycles. The van der Waals surface area contributed by atoms with E-state index in [9.17, 15) is 19.8 Å². The topological polar surface area (TPSA) is 106 Å². The third kappa shape index (κ3) is 79.4.